The molecule has 0 saturated carbocycles. The Morgan fingerprint density at radius 3 is 2.38 bits per heavy atom. The fourth-order valence-electron chi connectivity index (χ4n) is 3.09. The van der Waals surface area contributed by atoms with Gasteiger partial charge in [0.1, 0.15) is 0 Å². The summed E-state index contributed by atoms with van der Waals surface area (Å²) >= 11 is 5.94. The van der Waals surface area contributed by atoms with Gasteiger partial charge in [0.25, 0.3) is 0 Å². The number of halogens is 1. The number of aryl methyl sites for hydroxylation is 1. The Bertz CT molecular complexity index is 832. The Kier molecular flexibility index (Phi) is 6.19. The molecule has 1 saturated heterocycles. The van der Waals surface area contributed by atoms with Crippen LogP contribution in [0.3, 0.4) is 0 Å². The van der Waals surface area contributed by atoms with E-state index in [1.165, 1.54) is 5.69 Å². The van der Waals surface area contributed by atoms with Gasteiger partial charge in [-0.15, -0.1) is 0 Å². The van der Waals surface area contributed by atoms with Crippen LogP contribution in [0.4, 0.5) is 5.69 Å². The molecule has 0 aliphatic carbocycles. The summed E-state index contributed by atoms with van der Waals surface area (Å²) < 4.78 is 27.4. The van der Waals surface area contributed by atoms with E-state index in [4.69, 9.17) is 11.6 Å². The first-order valence-corrected chi connectivity index (χ1v) is 10.6. The number of anilines is 1. The highest BCUT2D eigenvalue weighted by atomic mass is 35.5. The molecule has 2 aromatic carbocycles. The van der Waals surface area contributed by atoms with Gasteiger partial charge in [-0.2, -0.15) is 0 Å². The largest absolute Gasteiger partial charge is 0.369 e. The number of hydrogen-bond acceptors (Lipinski definition) is 4. The van der Waals surface area contributed by atoms with Crippen molar-refractivity contribution in [3.63, 3.8) is 0 Å². The standard InChI is InChI=1S/C19H24ClN3O2S/c1-16-3-2-4-19(15-16)26(24,25)21-9-10-22-11-13-23(14-12-22)18-7-5-17(20)6-8-18/h2-8,15,21H,9-14H2,1H3. The van der Waals surface area contributed by atoms with Crippen LogP contribution >= 0.6 is 11.6 Å². The lowest BCUT2D eigenvalue weighted by atomic mass is 10.2. The molecule has 0 unspecified atom stereocenters. The maximum atomic E-state index is 12.3. The van der Waals surface area contributed by atoms with Crippen LogP contribution in [0.1, 0.15) is 5.56 Å². The van der Waals surface area contributed by atoms with Crippen LogP contribution in [0.2, 0.25) is 5.02 Å². The number of benzene rings is 2. The summed E-state index contributed by atoms with van der Waals surface area (Å²) in [6.45, 7) is 6.68. The van der Waals surface area contributed by atoms with Crippen molar-refractivity contribution in [3.05, 3.63) is 59.1 Å². The maximum Gasteiger partial charge on any atom is 0.240 e. The monoisotopic (exact) mass is 393 g/mol. The molecule has 0 radical (unpaired) electrons. The molecular formula is C19H24ClN3O2S. The fourth-order valence-corrected chi connectivity index (χ4v) is 4.34. The third kappa shape index (κ3) is 4.98. The topological polar surface area (TPSA) is 52.7 Å². The number of nitrogens with zero attached hydrogens (tertiary/aromatic N) is 2. The van der Waals surface area contributed by atoms with Crippen LogP contribution in [0.15, 0.2) is 53.4 Å². The number of piperazine rings is 1. The first-order chi connectivity index (χ1) is 12.4. The molecule has 1 aliphatic rings. The maximum absolute atomic E-state index is 12.3. The predicted octanol–water partition coefficient (Wildman–Crippen LogP) is 2.75. The van der Waals surface area contributed by atoms with Gasteiger partial charge in [-0.05, 0) is 48.9 Å². The molecule has 7 heteroatoms. The first-order valence-electron chi connectivity index (χ1n) is 8.73. The Balaban J connectivity index is 1.46. The minimum absolute atomic E-state index is 0.324. The molecule has 1 aliphatic heterocycles. The van der Waals surface area contributed by atoms with Crippen molar-refractivity contribution in [2.75, 3.05) is 44.2 Å². The Morgan fingerprint density at radius 2 is 1.73 bits per heavy atom. The molecule has 26 heavy (non-hydrogen) atoms. The molecule has 5 nitrogen and oxygen atoms in total. The van der Waals surface area contributed by atoms with Crippen molar-refractivity contribution < 1.29 is 8.42 Å². The summed E-state index contributed by atoms with van der Waals surface area (Å²) in [7, 11) is -3.44. The summed E-state index contributed by atoms with van der Waals surface area (Å²) in [6, 6.07) is 14.8. The number of sulfonamides is 1. The highest BCUT2D eigenvalue weighted by Gasteiger charge is 2.18. The van der Waals surface area contributed by atoms with Crippen LogP contribution in [0.5, 0.6) is 0 Å². The molecule has 3 rings (SSSR count). The fraction of sp³-hybridized carbons (Fsp3) is 0.368. The molecule has 0 aromatic heterocycles. The number of rotatable bonds is 6. The molecular weight excluding hydrogens is 370 g/mol. The Morgan fingerprint density at radius 1 is 1.04 bits per heavy atom. The van der Waals surface area contributed by atoms with Crippen molar-refractivity contribution in [2.45, 2.75) is 11.8 Å². The van der Waals surface area contributed by atoms with Crippen LogP contribution in [-0.4, -0.2) is 52.6 Å². The second kappa shape index (κ2) is 8.39. The van der Waals surface area contributed by atoms with E-state index in [-0.39, 0.29) is 0 Å². The zero-order chi connectivity index (χ0) is 18.6. The van der Waals surface area contributed by atoms with Crippen molar-refractivity contribution >= 4 is 27.3 Å². The summed E-state index contributed by atoms with van der Waals surface area (Å²) in [6.07, 6.45) is 0. The van der Waals surface area contributed by atoms with E-state index in [9.17, 15) is 8.42 Å². The molecule has 1 N–H and O–H groups in total. The minimum Gasteiger partial charge on any atom is -0.369 e. The number of hydrogen-bond donors (Lipinski definition) is 1. The lowest BCUT2D eigenvalue weighted by molar-refractivity contribution is 0.262. The summed E-state index contributed by atoms with van der Waals surface area (Å²) in [5.41, 5.74) is 2.11. The van der Waals surface area contributed by atoms with E-state index in [0.29, 0.717) is 18.0 Å². The molecule has 140 valence electrons. The third-order valence-electron chi connectivity index (χ3n) is 4.58. The smallest absolute Gasteiger partial charge is 0.240 e. The lowest BCUT2D eigenvalue weighted by Gasteiger charge is -2.36. The van der Waals surface area contributed by atoms with E-state index in [0.717, 1.165) is 36.8 Å². The van der Waals surface area contributed by atoms with Gasteiger partial charge in [0, 0.05) is 50.0 Å². The lowest BCUT2D eigenvalue weighted by Crippen LogP contribution is -2.48. The highest BCUT2D eigenvalue weighted by molar-refractivity contribution is 7.89. The summed E-state index contributed by atoms with van der Waals surface area (Å²) in [5.74, 6) is 0. The molecule has 0 bridgehead atoms. The molecule has 0 amide bonds. The average Bonchev–Trinajstić information content (AvgIpc) is 2.63. The van der Waals surface area contributed by atoms with Crippen LogP contribution < -0.4 is 9.62 Å². The van der Waals surface area contributed by atoms with Gasteiger partial charge in [0.15, 0.2) is 0 Å². The van der Waals surface area contributed by atoms with Crippen LogP contribution in [0, 0.1) is 6.92 Å². The third-order valence-corrected chi connectivity index (χ3v) is 6.29. The van der Waals surface area contributed by atoms with E-state index in [1.807, 2.05) is 37.3 Å². The van der Waals surface area contributed by atoms with Gasteiger partial charge in [0.2, 0.25) is 10.0 Å². The molecule has 0 spiro atoms. The predicted molar refractivity (Wildman–Crippen MR) is 106 cm³/mol. The quantitative estimate of drug-likeness (QED) is 0.819. The van der Waals surface area contributed by atoms with E-state index < -0.39 is 10.0 Å². The van der Waals surface area contributed by atoms with Crippen molar-refractivity contribution in [1.82, 2.24) is 9.62 Å². The molecule has 0 atom stereocenters. The van der Waals surface area contributed by atoms with Gasteiger partial charge in [-0.25, -0.2) is 13.1 Å². The zero-order valence-corrected chi connectivity index (χ0v) is 16.4. The van der Waals surface area contributed by atoms with E-state index >= 15 is 0 Å². The zero-order valence-electron chi connectivity index (χ0n) is 14.9. The first kappa shape index (κ1) is 19.2. The molecule has 2 aromatic rings. The second-order valence-electron chi connectivity index (χ2n) is 6.52. The van der Waals surface area contributed by atoms with Gasteiger partial charge in [-0.1, -0.05) is 23.7 Å². The van der Waals surface area contributed by atoms with Crippen molar-refractivity contribution in [2.24, 2.45) is 0 Å². The molecule has 1 fully saturated rings. The SMILES string of the molecule is Cc1cccc(S(=O)(=O)NCCN2CCN(c3ccc(Cl)cc3)CC2)c1. The van der Waals surface area contributed by atoms with E-state index in [2.05, 4.69) is 14.5 Å². The average molecular weight is 394 g/mol. The van der Waals surface area contributed by atoms with Gasteiger partial charge in [0.05, 0.1) is 4.90 Å². The second-order valence-corrected chi connectivity index (χ2v) is 8.72. The van der Waals surface area contributed by atoms with Gasteiger partial charge >= 0.3 is 0 Å². The Hall–Kier alpha value is -1.60. The van der Waals surface area contributed by atoms with Crippen molar-refractivity contribution in [1.29, 1.82) is 0 Å². The Labute approximate surface area is 160 Å². The normalized spacial score (nSPS) is 16.0. The van der Waals surface area contributed by atoms with Crippen LogP contribution in [-0.2, 0) is 10.0 Å². The molecule has 1 heterocycles. The minimum atomic E-state index is -3.44. The van der Waals surface area contributed by atoms with Crippen molar-refractivity contribution in [3.8, 4) is 0 Å². The number of nitrogens with one attached hydrogen (secondary N) is 1. The highest BCUT2D eigenvalue weighted by Crippen LogP contribution is 2.19. The van der Waals surface area contributed by atoms with E-state index in [1.54, 1.807) is 18.2 Å². The van der Waals surface area contributed by atoms with Crippen LogP contribution in [0.25, 0.3) is 0 Å². The van der Waals surface area contributed by atoms with Gasteiger partial charge in [-0.3, -0.25) is 4.90 Å². The summed E-state index contributed by atoms with van der Waals surface area (Å²) in [4.78, 5) is 4.93. The summed E-state index contributed by atoms with van der Waals surface area (Å²) in [5, 5.41) is 0.744. The van der Waals surface area contributed by atoms with Gasteiger partial charge < -0.3 is 4.90 Å².